The molecular formula is C26H55NO3. The summed E-state index contributed by atoms with van der Waals surface area (Å²) in [4.78, 5) is 0. The molecule has 3 atom stereocenters. The smallest absolute Gasteiger partial charge is 0.0971 e. The maximum Gasteiger partial charge on any atom is 0.0971 e. The first-order valence-corrected chi connectivity index (χ1v) is 13.4. The Morgan fingerprint density at radius 1 is 0.533 bits per heavy atom. The molecule has 0 fully saturated rings. The third-order valence-electron chi connectivity index (χ3n) is 6.40. The molecule has 0 aliphatic carbocycles. The Hall–Kier alpha value is -0.160. The van der Waals surface area contributed by atoms with E-state index in [0.29, 0.717) is 6.42 Å². The molecule has 0 rings (SSSR count). The quantitative estimate of drug-likeness (QED) is 0.137. The summed E-state index contributed by atoms with van der Waals surface area (Å²) in [6, 6.07) is -0.745. The number of aliphatic hydroxyl groups is 3. The fourth-order valence-corrected chi connectivity index (χ4v) is 4.17. The van der Waals surface area contributed by atoms with Crippen molar-refractivity contribution in [1.82, 2.24) is 0 Å². The lowest BCUT2D eigenvalue weighted by Gasteiger charge is -2.22. The Bertz CT molecular complexity index is 327. The van der Waals surface area contributed by atoms with Crippen LogP contribution in [0.3, 0.4) is 0 Å². The first-order chi connectivity index (χ1) is 14.6. The summed E-state index contributed by atoms with van der Waals surface area (Å²) in [5, 5.41) is 28.4. The van der Waals surface area contributed by atoms with Gasteiger partial charge in [-0.3, -0.25) is 0 Å². The predicted octanol–water partition coefficient (Wildman–Crippen LogP) is 6.24. The SMILES string of the molecule is CCCCCCCCCCCCCCCCCCCCCCC(O)C(O)C(N)CO. The zero-order valence-electron chi connectivity index (χ0n) is 20.2. The molecule has 4 nitrogen and oxygen atoms in total. The van der Waals surface area contributed by atoms with E-state index in [-0.39, 0.29) is 6.61 Å². The van der Waals surface area contributed by atoms with E-state index in [2.05, 4.69) is 6.92 Å². The van der Waals surface area contributed by atoms with Gasteiger partial charge in [-0.05, 0) is 6.42 Å². The third kappa shape index (κ3) is 19.8. The monoisotopic (exact) mass is 429 g/mol. The van der Waals surface area contributed by atoms with Crippen LogP contribution in [0.25, 0.3) is 0 Å². The lowest BCUT2D eigenvalue weighted by atomic mass is 10.00. The standard InChI is InChI=1S/C26H55NO3/c1-2-3-4-5-6-7-8-9-10-11-12-13-14-15-16-17-18-19-20-21-22-25(29)26(30)24(27)23-28/h24-26,28-30H,2-23,27H2,1H3. The molecule has 0 bridgehead atoms. The molecular weight excluding hydrogens is 374 g/mol. The Balaban J connectivity index is 3.16. The Kier molecular flexibility index (Phi) is 23.4. The number of nitrogens with two attached hydrogens (primary N) is 1. The average molecular weight is 430 g/mol. The first-order valence-electron chi connectivity index (χ1n) is 13.4. The van der Waals surface area contributed by atoms with E-state index in [0.717, 1.165) is 12.8 Å². The van der Waals surface area contributed by atoms with Crippen LogP contribution in [0.1, 0.15) is 142 Å². The average Bonchev–Trinajstić information content (AvgIpc) is 2.76. The molecule has 4 heteroatoms. The number of rotatable bonds is 24. The van der Waals surface area contributed by atoms with Crippen LogP contribution >= 0.6 is 0 Å². The minimum Gasteiger partial charge on any atom is -0.395 e. The van der Waals surface area contributed by atoms with Crippen LogP contribution in [0.4, 0.5) is 0 Å². The predicted molar refractivity (Wildman–Crippen MR) is 130 cm³/mol. The lowest BCUT2D eigenvalue weighted by Crippen LogP contribution is -2.45. The zero-order chi connectivity index (χ0) is 22.3. The van der Waals surface area contributed by atoms with Crippen molar-refractivity contribution in [2.24, 2.45) is 5.73 Å². The van der Waals surface area contributed by atoms with Gasteiger partial charge in [0, 0.05) is 0 Å². The minimum atomic E-state index is -1.02. The summed E-state index contributed by atoms with van der Waals surface area (Å²) in [6.45, 7) is 1.99. The molecule has 0 aliphatic heterocycles. The van der Waals surface area contributed by atoms with Gasteiger partial charge in [-0.1, -0.05) is 135 Å². The molecule has 3 unspecified atom stereocenters. The first kappa shape index (κ1) is 29.8. The Morgan fingerprint density at radius 3 is 1.13 bits per heavy atom. The van der Waals surface area contributed by atoms with E-state index >= 15 is 0 Å². The molecule has 0 saturated heterocycles. The largest absolute Gasteiger partial charge is 0.395 e. The molecule has 0 aromatic carbocycles. The molecule has 0 saturated carbocycles. The molecule has 0 aromatic rings. The van der Waals surface area contributed by atoms with E-state index < -0.39 is 18.2 Å². The summed E-state index contributed by atoms with van der Waals surface area (Å²) in [5.41, 5.74) is 5.54. The lowest BCUT2D eigenvalue weighted by molar-refractivity contribution is -0.0121. The van der Waals surface area contributed by atoms with Gasteiger partial charge < -0.3 is 21.1 Å². The number of hydrogen-bond acceptors (Lipinski definition) is 4. The number of unbranched alkanes of at least 4 members (excludes halogenated alkanes) is 19. The number of aliphatic hydroxyl groups excluding tert-OH is 3. The second-order valence-corrected chi connectivity index (χ2v) is 9.41. The maximum absolute atomic E-state index is 9.83. The fraction of sp³-hybridized carbons (Fsp3) is 1.00. The summed E-state index contributed by atoms with van der Waals surface area (Å²) in [7, 11) is 0. The van der Waals surface area contributed by atoms with Crippen LogP contribution in [0, 0.1) is 0 Å². The summed E-state index contributed by atoms with van der Waals surface area (Å²) >= 11 is 0. The third-order valence-corrected chi connectivity index (χ3v) is 6.40. The topological polar surface area (TPSA) is 86.7 Å². The Labute approximate surface area is 188 Å². The van der Waals surface area contributed by atoms with E-state index in [4.69, 9.17) is 10.8 Å². The van der Waals surface area contributed by atoms with E-state index in [9.17, 15) is 10.2 Å². The summed E-state index contributed by atoms with van der Waals surface area (Å²) in [5.74, 6) is 0. The zero-order valence-corrected chi connectivity index (χ0v) is 20.2. The molecule has 0 heterocycles. The highest BCUT2D eigenvalue weighted by molar-refractivity contribution is 4.77. The highest BCUT2D eigenvalue weighted by Gasteiger charge is 2.22. The molecule has 0 radical (unpaired) electrons. The molecule has 30 heavy (non-hydrogen) atoms. The molecule has 0 amide bonds. The van der Waals surface area contributed by atoms with Crippen LogP contribution in [0.15, 0.2) is 0 Å². The fourth-order valence-electron chi connectivity index (χ4n) is 4.17. The van der Waals surface area contributed by atoms with Crippen LogP contribution in [0.2, 0.25) is 0 Å². The highest BCUT2D eigenvalue weighted by Crippen LogP contribution is 2.15. The van der Waals surface area contributed by atoms with Gasteiger partial charge in [0.25, 0.3) is 0 Å². The van der Waals surface area contributed by atoms with Gasteiger partial charge >= 0.3 is 0 Å². The van der Waals surface area contributed by atoms with Crippen molar-refractivity contribution < 1.29 is 15.3 Å². The van der Waals surface area contributed by atoms with Gasteiger partial charge in [0.15, 0.2) is 0 Å². The van der Waals surface area contributed by atoms with E-state index in [1.165, 1.54) is 116 Å². The molecule has 0 aromatic heterocycles. The van der Waals surface area contributed by atoms with Crippen molar-refractivity contribution in [1.29, 1.82) is 0 Å². The minimum absolute atomic E-state index is 0.294. The van der Waals surface area contributed by atoms with Gasteiger partial charge in [0.2, 0.25) is 0 Å². The molecule has 5 N–H and O–H groups in total. The maximum atomic E-state index is 9.83. The molecule has 0 spiro atoms. The van der Waals surface area contributed by atoms with Crippen LogP contribution in [-0.4, -0.2) is 40.2 Å². The Morgan fingerprint density at radius 2 is 0.833 bits per heavy atom. The molecule has 0 aliphatic rings. The van der Waals surface area contributed by atoms with Crippen LogP contribution in [0.5, 0.6) is 0 Å². The molecule has 182 valence electrons. The second kappa shape index (κ2) is 23.5. The van der Waals surface area contributed by atoms with Gasteiger partial charge in [0.1, 0.15) is 0 Å². The van der Waals surface area contributed by atoms with Gasteiger partial charge in [-0.15, -0.1) is 0 Å². The van der Waals surface area contributed by atoms with E-state index in [1.54, 1.807) is 0 Å². The highest BCUT2D eigenvalue weighted by atomic mass is 16.3. The van der Waals surface area contributed by atoms with Crippen molar-refractivity contribution in [2.45, 2.75) is 160 Å². The van der Waals surface area contributed by atoms with Crippen molar-refractivity contribution in [3.05, 3.63) is 0 Å². The van der Waals surface area contributed by atoms with Crippen molar-refractivity contribution in [3.8, 4) is 0 Å². The normalized spacial score (nSPS) is 14.7. The van der Waals surface area contributed by atoms with Crippen molar-refractivity contribution >= 4 is 0 Å². The summed E-state index contributed by atoms with van der Waals surface area (Å²) < 4.78 is 0. The van der Waals surface area contributed by atoms with Gasteiger partial charge in [-0.25, -0.2) is 0 Å². The summed E-state index contributed by atoms with van der Waals surface area (Å²) in [6.07, 6.45) is 25.8. The van der Waals surface area contributed by atoms with Crippen molar-refractivity contribution in [3.63, 3.8) is 0 Å². The van der Waals surface area contributed by atoms with Crippen LogP contribution in [-0.2, 0) is 0 Å². The number of hydrogen-bond donors (Lipinski definition) is 4. The van der Waals surface area contributed by atoms with Crippen molar-refractivity contribution in [2.75, 3.05) is 6.61 Å². The van der Waals surface area contributed by atoms with Crippen LogP contribution < -0.4 is 5.73 Å². The van der Waals surface area contributed by atoms with Gasteiger partial charge in [0.05, 0.1) is 24.9 Å². The van der Waals surface area contributed by atoms with E-state index in [1.807, 2.05) is 0 Å². The van der Waals surface area contributed by atoms with Gasteiger partial charge in [-0.2, -0.15) is 0 Å². The second-order valence-electron chi connectivity index (χ2n) is 9.41.